The summed E-state index contributed by atoms with van der Waals surface area (Å²) in [6.45, 7) is 8.12. The van der Waals surface area contributed by atoms with Crippen LogP contribution in [0.2, 0.25) is 0 Å². The standard InChI is InChI=1S/C12H24N2O/c1-4-13-12(15)7-8-14-11-6-5-9(2)10(11)3/h9-11,14H,4-8H2,1-3H3,(H,13,15). The highest BCUT2D eigenvalue weighted by Crippen LogP contribution is 2.30. The van der Waals surface area contributed by atoms with E-state index in [1.165, 1.54) is 12.8 Å². The summed E-state index contributed by atoms with van der Waals surface area (Å²) in [6.07, 6.45) is 3.18. The van der Waals surface area contributed by atoms with Crippen LogP contribution < -0.4 is 10.6 Å². The number of carbonyl (C=O) groups is 1. The fraction of sp³-hybridized carbons (Fsp3) is 0.917. The van der Waals surface area contributed by atoms with E-state index >= 15 is 0 Å². The van der Waals surface area contributed by atoms with Gasteiger partial charge in [0.05, 0.1) is 0 Å². The highest BCUT2D eigenvalue weighted by Gasteiger charge is 2.28. The summed E-state index contributed by atoms with van der Waals surface area (Å²) >= 11 is 0. The Morgan fingerprint density at radius 1 is 1.33 bits per heavy atom. The van der Waals surface area contributed by atoms with Crippen LogP contribution in [-0.4, -0.2) is 25.0 Å². The van der Waals surface area contributed by atoms with E-state index in [0.717, 1.165) is 24.9 Å². The predicted octanol–water partition coefficient (Wildman–Crippen LogP) is 1.54. The molecular weight excluding hydrogens is 188 g/mol. The molecule has 0 spiro atoms. The Bertz CT molecular complexity index is 206. The second-order valence-corrected chi connectivity index (χ2v) is 4.68. The Balaban J connectivity index is 2.13. The van der Waals surface area contributed by atoms with E-state index in [-0.39, 0.29) is 5.91 Å². The molecule has 0 aromatic carbocycles. The summed E-state index contributed by atoms with van der Waals surface area (Å²) < 4.78 is 0. The molecule has 15 heavy (non-hydrogen) atoms. The minimum Gasteiger partial charge on any atom is -0.356 e. The van der Waals surface area contributed by atoms with Crippen molar-refractivity contribution in [2.45, 2.75) is 46.1 Å². The largest absolute Gasteiger partial charge is 0.356 e. The molecule has 0 aliphatic heterocycles. The average molecular weight is 212 g/mol. The number of rotatable bonds is 5. The second-order valence-electron chi connectivity index (χ2n) is 4.68. The first-order valence-corrected chi connectivity index (χ1v) is 6.15. The summed E-state index contributed by atoms with van der Waals surface area (Å²) in [5.74, 6) is 1.73. The molecule has 0 aromatic heterocycles. The molecule has 1 aliphatic rings. The minimum absolute atomic E-state index is 0.156. The first-order valence-electron chi connectivity index (χ1n) is 6.15. The molecule has 1 amide bonds. The van der Waals surface area contributed by atoms with Gasteiger partial charge in [0.1, 0.15) is 0 Å². The molecule has 0 heterocycles. The van der Waals surface area contributed by atoms with E-state index in [9.17, 15) is 4.79 Å². The first-order chi connectivity index (χ1) is 7.15. The number of amides is 1. The number of hydrogen-bond acceptors (Lipinski definition) is 2. The van der Waals surface area contributed by atoms with Crippen LogP contribution in [0.4, 0.5) is 0 Å². The Morgan fingerprint density at radius 2 is 2.07 bits per heavy atom. The second kappa shape index (κ2) is 6.11. The summed E-state index contributed by atoms with van der Waals surface area (Å²) in [4.78, 5) is 11.2. The van der Waals surface area contributed by atoms with Gasteiger partial charge in [0.25, 0.3) is 0 Å². The fourth-order valence-corrected chi connectivity index (χ4v) is 2.31. The lowest BCUT2D eigenvalue weighted by molar-refractivity contribution is -0.120. The van der Waals surface area contributed by atoms with Gasteiger partial charge in [0.2, 0.25) is 5.91 Å². The molecule has 88 valence electrons. The zero-order valence-corrected chi connectivity index (χ0v) is 10.2. The molecule has 0 radical (unpaired) electrons. The van der Waals surface area contributed by atoms with Crippen molar-refractivity contribution in [1.29, 1.82) is 0 Å². The third-order valence-corrected chi connectivity index (χ3v) is 3.60. The van der Waals surface area contributed by atoms with Crippen molar-refractivity contribution in [3.8, 4) is 0 Å². The molecule has 0 aromatic rings. The van der Waals surface area contributed by atoms with Crippen LogP contribution in [0.25, 0.3) is 0 Å². The van der Waals surface area contributed by atoms with Gasteiger partial charge in [-0.3, -0.25) is 4.79 Å². The van der Waals surface area contributed by atoms with Crippen molar-refractivity contribution >= 4 is 5.91 Å². The molecule has 1 aliphatic carbocycles. The Morgan fingerprint density at radius 3 is 2.60 bits per heavy atom. The topological polar surface area (TPSA) is 41.1 Å². The van der Waals surface area contributed by atoms with Gasteiger partial charge in [0.15, 0.2) is 0 Å². The lowest BCUT2D eigenvalue weighted by atomic mass is 9.98. The van der Waals surface area contributed by atoms with Gasteiger partial charge >= 0.3 is 0 Å². The molecule has 0 saturated heterocycles. The minimum atomic E-state index is 0.156. The van der Waals surface area contributed by atoms with Crippen LogP contribution in [0.15, 0.2) is 0 Å². The molecule has 1 saturated carbocycles. The van der Waals surface area contributed by atoms with Gasteiger partial charge in [-0.25, -0.2) is 0 Å². The Kier molecular flexibility index (Phi) is 5.09. The summed E-state index contributed by atoms with van der Waals surface area (Å²) in [5.41, 5.74) is 0. The molecular formula is C12H24N2O. The summed E-state index contributed by atoms with van der Waals surface area (Å²) in [5, 5.41) is 6.30. The van der Waals surface area contributed by atoms with Crippen molar-refractivity contribution in [3.63, 3.8) is 0 Å². The van der Waals surface area contributed by atoms with Gasteiger partial charge in [-0.05, 0) is 31.6 Å². The van der Waals surface area contributed by atoms with E-state index in [1.54, 1.807) is 0 Å². The van der Waals surface area contributed by atoms with E-state index in [0.29, 0.717) is 12.5 Å². The maximum Gasteiger partial charge on any atom is 0.221 e. The van der Waals surface area contributed by atoms with Crippen LogP contribution in [0.1, 0.15) is 40.0 Å². The zero-order valence-electron chi connectivity index (χ0n) is 10.2. The molecule has 1 rings (SSSR count). The van der Waals surface area contributed by atoms with Crippen molar-refractivity contribution in [1.82, 2.24) is 10.6 Å². The van der Waals surface area contributed by atoms with Gasteiger partial charge in [-0.1, -0.05) is 13.8 Å². The SMILES string of the molecule is CCNC(=O)CCNC1CCC(C)C1C. The van der Waals surface area contributed by atoms with Crippen LogP contribution in [0, 0.1) is 11.8 Å². The lowest BCUT2D eigenvalue weighted by Crippen LogP contribution is -2.35. The van der Waals surface area contributed by atoms with E-state index in [1.807, 2.05) is 6.92 Å². The molecule has 1 fully saturated rings. The van der Waals surface area contributed by atoms with Crippen molar-refractivity contribution < 1.29 is 4.79 Å². The zero-order chi connectivity index (χ0) is 11.3. The maximum atomic E-state index is 11.2. The highest BCUT2D eigenvalue weighted by molar-refractivity contribution is 5.75. The number of carbonyl (C=O) groups excluding carboxylic acids is 1. The van der Waals surface area contributed by atoms with Crippen LogP contribution in [-0.2, 0) is 4.79 Å². The third kappa shape index (κ3) is 3.82. The first kappa shape index (κ1) is 12.5. The molecule has 3 nitrogen and oxygen atoms in total. The van der Waals surface area contributed by atoms with Gasteiger partial charge in [-0.2, -0.15) is 0 Å². The van der Waals surface area contributed by atoms with E-state index in [2.05, 4.69) is 24.5 Å². The van der Waals surface area contributed by atoms with Crippen LogP contribution in [0.3, 0.4) is 0 Å². The third-order valence-electron chi connectivity index (χ3n) is 3.60. The van der Waals surface area contributed by atoms with Crippen LogP contribution >= 0.6 is 0 Å². The van der Waals surface area contributed by atoms with E-state index in [4.69, 9.17) is 0 Å². The van der Waals surface area contributed by atoms with E-state index < -0.39 is 0 Å². The lowest BCUT2D eigenvalue weighted by Gasteiger charge is -2.19. The molecule has 0 bridgehead atoms. The fourth-order valence-electron chi connectivity index (χ4n) is 2.31. The van der Waals surface area contributed by atoms with Gasteiger partial charge in [-0.15, -0.1) is 0 Å². The maximum absolute atomic E-state index is 11.2. The van der Waals surface area contributed by atoms with Crippen LogP contribution in [0.5, 0.6) is 0 Å². The van der Waals surface area contributed by atoms with Crippen molar-refractivity contribution in [2.24, 2.45) is 11.8 Å². The average Bonchev–Trinajstić information content (AvgIpc) is 2.50. The van der Waals surface area contributed by atoms with Gasteiger partial charge in [0, 0.05) is 25.6 Å². The molecule has 2 N–H and O–H groups in total. The Labute approximate surface area is 93.0 Å². The molecule has 3 heteroatoms. The number of hydrogen-bond donors (Lipinski definition) is 2. The molecule has 3 atom stereocenters. The smallest absolute Gasteiger partial charge is 0.221 e. The normalized spacial score (nSPS) is 30.5. The van der Waals surface area contributed by atoms with Crippen molar-refractivity contribution in [2.75, 3.05) is 13.1 Å². The van der Waals surface area contributed by atoms with Gasteiger partial charge < -0.3 is 10.6 Å². The van der Waals surface area contributed by atoms with Crippen molar-refractivity contribution in [3.05, 3.63) is 0 Å². The summed E-state index contributed by atoms with van der Waals surface area (Å²) in [7, 11) is 0. The number of nitrogens with one attached hydrogen (secondary N) is 2. The quantitative estimate of drug-likeness (QED) is 0.726. The Hall–Kier alpha value is -0.570. The molecule has 3 unspecified atom stereocenters. The predicted molar refractivity (Wildman–Crippen MR) is 62.7 cm³/mol. The highest BCUT2D eigenvalue weighted by atomic mass is 16.1. The summed E-state index contributed by atoms with van der Waals surface area (Å²) in [6, 6.07) is 0.620. The monoisotopic (exact) mass is 212 g/mol.